The van der Waals surface area contributed by atoms with E-state index in [1.54, 1.807) is 14.2 Å². The van der Waals surface area contributed by atoms with Crippen LogP contribution in [0.3, 0.4) is 0 Å². The van der Waals surface area contributed by atoms with Crippen LogP contribution in [0, 0.1) is 5.92 Å². The summed E-state index contributed by atoms with van der Waals surface area (Å²) in [6, 6.07) is 23.5. The van der Waals surface area contributed by atoms with Gasteiger partial charge in [-0.1, -0.05) is 36.4 Å². The standard InChI is InChI=1S/C31H35NO3/c1-33-29-7-5-6-25(20-29)31-22-24-10-13-30(34-2)21-26(24)19-27(31)18-23-8-11-28(12-9-23)35-17-16-32-14-3-4-15-32/h5-13,20-22,27H,3-4,14-19H2,1-2H3. The summed E-state index contributed by atoms with van der Waals surface area (Å²) < 4.78 is 17.0. The van der Waals surface area contributed by atoms with Crippen LogP contribution in [0.1, 0.15) is 35.1 Å². The second-order valence-corrected chi connectivity index (χ2v) is 9.54. The molecule has 1 aliphatic carbocycles. The minimum atomic E-state index is 0.364. The van der Waals surface area contributed by atoms with E-state index in [-0.39, 0.29) is 0 Å². The molecule has 0 aromatic heterocycles. The number of nitrogens with zero attached hydrogens (tertiary/aromatic N) is 1. The molecule has 0 amide bonds. The molecule has 1 saturated heterocycles. The van der Waals surface area contributed by atoms with Gasteiger partial charge in [-0.15, -0.1) is 0 Å². The molecule has 1 aliphatic heterocycles. The van der Waals surface area contributed by atoms with E-state index in [1.165, 1.54) is 53.8 Å². The predicted octanol–water partition coefficient (Wildman–Crippen LogP) is 6.13. The third kappa shape index (κ3) is 5.71. The normalized spacial score (nSPS) is 17.5. The average Bonchev–Trinajstić information content (AvgIpc) is 3.42. The molecule has 5 rings (SSSR count). The molecule has 182 valence electrons. The van der Waals surface area contributed by atoms with E-state index in [0.29, 0.717) is 5.92 Å². The Morgan fingerprint density at radius 2 is 1.57 bits per heavy atom. The summed E-state index contributed by atoms with van der Waals surface area (Å²) in [4.78, 5) is 2.48. The van der Waals surface area contributed by atoms with Crippen molar-refractivity contribution in [2.75, 3.05) is 40.5 Å². The van der Waals surface area contributed by atoms with E-state index in [2.05, 4.69) is 65.6 Å². The Bertz CT molecular complexity index is 1160. The van der Waals surface area contributed by atoms with Crippen molar-refractivity contribution >= 4 is 11.6 Å². The summed E-state index contributed by atoms with van der Waals surface area (Å²) in [5, 5.41) is 0. The number of likely N-dealkylation sites (tertiary alicyclic amines) is 1. The topological polar surface area (TPSA) is 30.9 Å². The largest absolute Gasteiger partial charge is 0.497 e. The number of fused-ring (bicyclic) bond motifs is 1. The first-order chi connectivity index (χ1) is 17.2. The van der Waals surface area contributed by atoms with Gasteiger partial charge in [0.15, 0.2) is 0 Å². The molecule has 0 N–H and O–H groups in total. The van der Waals surface area contributed by atoms with Gasteiger partial charge in [0.1, 0.15) is 23.9 Å². The number of methoxy groups -OCH3 is 2. The molecule has 0 bridgehead atoms. The molecule has 0 radical (unpaired) electrons. The Hall–Kier alpha value is -3.24. The highest BCUT2D eigenvalue weighted by molar-refractivity contribution is 5.86. The second kappa shape index (κ2) is 11.0. The van der Waals surface area contributed by atoms with Gasteiger partial charge in [0.2, 0.25) is 0 Å². The van der Waals surface area contributed by atoms with Gasteiger partial charge in [0.05, 0.1) is 14.2 Å². The molecule has 3 aromatic rings. The van der Waals surface area contributed by atoms with E-state index >= 15 is 0 Å². The van der Waals surface area contributed by atoms with Gasteiger partial charge in [-0.25, -0.2) is 0 Å². The summed E-state index contributed by atoms with van der Waals surface area (Å²) >= 11 is 0. The fourth-order valence-corrected chi connectivity index (χ4v) is 5.30. The molecule has 1 unspecified atom stereocenters. The Morgan fingerprint density at radius 1 is 0.829 bits per heavy atom. The lowest BCUT2D eigenvalue weighted by atomic mass is 9.77. The lowest BCUT2D eigenvalue weighted by Gasteiger charge is -2.27. The van der Waals surface area contributed by atoms with Crippen molar-refractivity contribution in [1.29, 1.82) is 0 Å². The minimum absolute atomic E-state index is 0.364. The first kappa shape index (κ1) is 23.5. The summed E-state index contributed by atoms with van der Waals surface area (Å²) in [5.74, 6) is 3.12. The van der Waals surface area contributed by atoms with Gasteiger partial charge < -0.3 is 14.2 Å². The van der Waals surface area contributed by atoms with E-state index < -0.39 is 0 Å². The van der Waals surface area contributed by atoms with Gasteiger partial charge in [0.25, 0.3) is 0 Å². The van der Waals surface area contributed by atoms with E-state index in [1.807, 2.05) is 12.1 Å². The second-order valence-electron chi connectivity index (χ2n) is 9.54. The minimum Gasteiger partial charge on any atom is -0.497 e. The summed E-state index contributed by atoms with van der Waals surface area (Å²) in [6.07, 6.45) is 6.92. The summed E-state index contributed by atoms with van der Waals surface area (Å²) in [6.45, 7) is 4.19. The third-order valence-electron chi connectivity index (χ3n) is 7.25. The van der Waals surface area contributed by atoms with Crippen molar-refractivity contribution in [3.05, 3.63) is 89.0 Å². The molecule has 4 nitrogen and oxygen atoms in total. The zero-order valence-corrected chi connectivity index (χ0v) is 20.8. The lowest BCUT2D eigenvalue weighted by molar-refractivity contribution is 0.238. The van der Waals surface area contributed by atoms with Crippen LogP contribution >= 0.6 is 0 Å². The number of hydrogen-bond donors (Lipinski definition) is 0. The Balaban J connectivity index is 1.33. The molecular formula is C31H35NO3. The molecule has 35 heavy (non-hydrogen) atoms. The van der Waals surface area contributed by atoms with Crippen LogP contribution in [-0.2, 0) is 12.8 Å². The fourth-order valence-electron chi connectivity index (χ4n) is 5.30. The molecule has 1 heterocycles. The predicted molar refractivity (Wildman–Crippen MR) is 142 cm³/mol. The van der Waals surface area contributed by atoms with Gasteiger partial charge in [0, 0.05) is 6.54 Å². The maximum absolute atomic E-state index is 6.02. The Labute approximate surface area is 209 Å². The molecule has 1 atom stereocenters. The van der Waals surface area contributed by atoms with Crippen molar-refractivity contribution in [2.24, 2.45) is 5.92 Å². The zero-order chi connectivity index (χ0) is 24.0. The number of benzene rings is 3. The van der Waals surface area contributed by atoms with Crippen molar-refractivity contribution < 1.29 is 14.2 Å². The molecule has 0 spiro atoms. The maximum atomic E-state index is 6.02. The van der Waals surface area contributed by atoms with E-state index in [4.69, 9.17) is 14.2 Å². The van der Waals surface area contributed by atoms with Gasteiger partial charge in [-0.2, -0.15) is 0 Å². The maximum Gasteiger partial charge on any atom is 0.119 e. The van der Waals surface area contributed by atoms with Crippen LogP contribution in [0.25, 0.3) is 11.6 Å². The Kier molecular flexibility index (Phi) is 7.39. The lowest BCUT2D eigenvalue weighted by Crippen LogP contribution is -2.25. The highest BCUT2D eigenvalue weighted by atomic mass is 16.5. The SMILES string of the molecule is COc1cccc(C2=Cc3ccc(OC)cc3CC2Cc2ccc(OCCN3CCCC3)cc2)c1. The van der Waals surface area contributed by atoms with Gasteiger partial charge in [-0.3, -0.25) is 4.90 Å². The third-order valence-corrected chi connectivity index (χ3v) is 7.25. The summed E-state index contributed by atoms with van der Waals surface area (Å²) in [7, 11) is 3.45. The van der Waals surface area contributed by atoms with Crippen LogP contribution in [0.4, 0.5) is 0 Å². The van der Waals surface area contributed by atoms with E-state index in [0.717, 1.165) is 43.2 Å². The van der Waals surface area contributed by atoms with E-state index in [9.17, 15) is 0 Å². The van der Waals surface area contributed by atoms with Crippen LogP contribution in [0.5, 0.6) is 17.2 Å². The Morgan fingerprint density at radius 3 is 2.34 bits per heavy atom. The highest BCUT2D eigenvalue weighted by Gasteiger charge is 2.24. The number of ether oxygens (including phenoxy) is 3. The molecule has 1 fully saturated rings. The van der Waals surface area contributed by atoms with Crippen molar-refractivity contribution in [3.8, 4) is 17.2 Å². The van der Waals surface area contributed by atoms with Crippen LogP contribution in [0.15, 0.2) is 66.7 Å². The van der Waals surface area contributed by atoms with Crippen molar-refractivity contribution in [1.82, 2.24) is 4.90 Å². The first-order valence-corrected chi connectivity index (χ1v) is 12.7. The zero-order valence-electron chi connectivity index (χ0n) is 20.8. The monoisotopic (exact) mass is 469 g/mol. The molecule has 4 heteroatoms. The average molecular weight is 470 g/mol. The molecule has 2 aliphatic rings. The van der Waals surface area contributed by atoms with Crippen LogP contribution < -0.4 is 14.2 Å². The number of rotatable bonds is 9. The quantitative estimate of drug-likeness (QED) is 0.377. The molecular weight excluding hydrogens is 434 g/mol. The number of allylic oxidation sites excluding steroid dienone is 1. The van der Waals surface area contributed by atoms with Crippen LogP contribution in [0.2, 0.25) is 0 Å². The molecule has 0 saturated carbocycles. The molecule has 3 aromatic carbocycles. The van der Waals surface area contributed by atoms with Gasteiger partial charge in [-0.05, 0) is 109 Å². The first-order valence-electron chi connectivity index (χ1n) is 12.7. The summed E-state index contributed by atoms with van der Waals surface area (Å²) in [5.41, 5.74) is 6.50. The number of hydrogen-bond acceptors (Lipinski definition) is 4. The smallest absolute Gasteiger partial charge is 0.119 e. The highest BCUT2D eigenvalue weighted by Crippen LogP contribution is 2.39. The van der Waals surface area contributed by atoms with Gasteiger partial charge >= 0.3 is 0 Å². The van der Waals surface area contributed by atoms with Crippen molar-refractivity contribution in [2.45, 2.75) is 25.7 Å². The fraction of sp³-hybridized carbons (Fsp3) is 0.355. The van der Waals surface area contributed by atoms with Crippen molar-refractivity contribution in [3.63, 3.8) is 0 Å². The van der Waals surface area contributed by atoms with Crippen LogP contribution in [-0.4, -0.2) is 45.4 Å².